The summed E-state index contributed by atoms with van der Waals surface area (Å²) in [6.45, 7) is 1.20. The molecule has 12 nitrogen and oxygen atoms in total. The van der Waals surface area contributed by atoms with Crippen LogP contribution in [0.3, 0.4) is 0 Å². The van der Waals surface area contributed by atoms with Gasteiger partial charge in [0, 0.05) is 31.8 Å². The third-order valence-electron chi connectivity index (χ3n) is 10.4. The average Bonchev–Trinajstić information content (AvgIpc) is 3.58. The number of aliphatic hydroxyl groups excluding tert-OH is 1. The molecule has 1 aliphatic carbocycles. The van der Waals surface area contributed by atoms with Crippen molar-refractivity contribution in [1.82, 2.24) is 0 Å². The Morgan fingerprint density at radius 3 is 2.25 bits per heavy atom. The number of fused-ring (bicyclic) bond motifs is 3. The van der Waals surface area contributed by atoms with E-state index in [1.54, 1.807) is 43.5 Å². The molecule has 3 aliphatic rings. The van der Waals surface area contributed by atoms with Gasteiger partial charge in [-0.2, -0.15) is 0 Å². The van der Waals surface area contributed by atoms with Crippen molar-refractivity contribution in [2.45, 2.75) is 54.9 Å². The van der Waals surface area contributed by atoms with E-state index in [1.165, 1.54) is 21.3 Å². The first kappa shape index (κ1) is 36.7. The smallest absolute Gasteiger partial charge is 0.312 e. The Bertz CT molecular complexity index is 1850. The maximum Gasteiger partial charge on any atom is 0.312 e. The average molecular weight is 729 g/mol. The number of hydrogen-bond donors (Lipinski definition) is 2. The minimum Gasteiger partial charge on any atom is -0.497 e. The second-order valence-electron chi connectivity index (χ2n) is 13.2. The zero-order valence-corrected chi connectivity index (χ0v) is 30.0. The molecule has 2 N–H and O–H groups in total. The normalized spacial score (nSPS) is 28.7. The van der Waals surface area contributed by atoms with E-state index in [0.29, 0.717) is 36.5 Å². The number of rotatable bonds is 13. The lowest BCUT2D eigenvalue weighted by atomic mass is 9.70. The van der Waals surface area contributed by atoms with Gasteiger partial charge >= 0.3 is 5.97 Å². The van der Waals surface area contributed by atoms with E-state index >= 15 is 0 Å². The first-order valence-corrected chi connectivity index (χ1v) is 17.5. The molecule has 2 fully saturated rings. The van der Waals surface area contributed by atoms with Crippen LogP contribution in [0.15, 0.2) is 97.1 Å². The van der Waals surface area contributed by atoms with Gasteiger partial charge in [-0.05, 0) is 35.2 Å². The van der Waals surface area contributed by atoms with Gasteiger partial charge in [-0.25, -0.2) is 0 Å². The molecule has 0 unspecified atom stereocenters. The molecule has 4 aromatic rings. The summed E-state index contributed by atoms with van der Waals surface area (Å²) in [5.74, 6) is -1.69. The van der Waals surface area contributed by atoms with E-state index in [9.17, 15) is 15.0 Å². The number of esters is 1. The zero-order chi connectivity index (χ0) is 37.2. The zero-order valence-electron chi connectivity index (χ0n) is 30.0. The molecule has 12 heteroatoms. The number of hydrogen-bond acceptors (Lipinski definition) is 12. The van der Waals surface area contributed by atoms with E-state index in [4.69, 9.17) is 42.6 Å². The molecule has 7 rings (SSSR count). The predicted molar refractivity (Wildman–Crippen MR) is 190 cm³/mol. The van der Waals surface area contributed by atoms with E-state index in [2.05, 4.69) is 0 Å². The highest BCUT2D eigenvalue weighted by Crippen LogP contribution is 2.70. The first-order valence-electron chi connectivity index (χ1n) is 17.5. The molecule has 53 heavy (non-hydrogen) atoms. The van der Waals surface area contributed by atoms with Crippen LogP contribution in [-0.4, -0.2) is 82.6 Å². The van der Waals surface area contributed by atoms with Crippen molar-refractivity contribution in [3.8, 4) is 23.0 Å². The van der Waals surface area contributed by atoms with Crippen LogP contribution in [0.4, 0.5) is 0 Å². The van der Waals surface area contributed by atoms with Crippen molar-refractivity contribution in [3.63, 3.8) is 0 Å². The summed E-state index contributed by atoms with van der Waals surface area (Å²) >= 11 is 0. The van der Waals surface area contributed by atoms with E-state index in [0.717, 1.165) is 5.56 Å². The van der Waals surface area contributed by atoms with Crippen LogP contribution in [-0.2, 0) is 46.3 Å². The fourth-order valence-corrected chi connectivity index (χ4v) is 7.95. The Morgan fingerprint density at radius 2 is 1.58 bits per heavy atom. The molecule has 2 aliphatic heterocycles. The van der Waals surface area contributed by atoms with Gasteiger partial charge in [0.25, 0.3) is 6.29 Å². The second kappa shape index (κ2) is 15.3. The van der Waals surface area contributed by atoms with Gasteiger partial charge in [0.15, 0.2) is 11.2 Å². The minimum atomic E-state index is -2.22. The molecule has 280 valence electrons. The number of carbonyl (C=O) groups excluding carboxylic acids is 1. The standard InChI is InChI=1S/C41H44O12/c1-45-28-17-15-27(16-18-28)41-34(26-13-9-6-10-14-26)33(37(43)47-3)36(42)40(41,44)35-31(46-2)21-30(22-32(35)53-41)52-39-38(48-4)50-24-29(51-39)19-20-49-23-25-11-7-5-8-12-25/h5-18,21-22,29,33-34,36,38-39,42,44H,19-20,23-24H2,1-4H3/t29-,33-,34+,36-,38+,39-,40-,41+/m0/s1. The van der Waals surface area contributed by atoms with Crippen LogP contribution < -0.4 is 18.9 Å². The van der Waals surface area contributed by atoms with E-state index < -0.39 is 47.7 Å². The van der Waals surface area contributed by atoms with Crippen LogP contribution in [0.5, 0.6) is 23.0 Å². The van der Waals surface area contributed by atoms with E-state index in [1.807, 2.05) is 60.7 Å². The van der Waals surface area contributed by atoms with Gasteiger partial charge in [-0.3, -0.25) is 4.79 Å². The molecule has 0 amide bonds. The number of benzene rings is 4. The van der Waals surface area contributed by atoms with Gasteiger partial charge in [-0.1, -0.05) is 72.8 Å². The van der Waals surface area contributed by atoms with Gasteiger partial charge in [0.2, 0.25) is 6.29 Å². The lowest BCUT2D eigenvalue weighted by Gasteiger charge is -2.40. The molecular weight excluding hydrogens is 684 g/mol. The Hall–Kier alpha value is -4.69. The molecule has 0 spiro atoms. The summed E-state index contributed by atoms with van der Waals surface area (Å²) in [7, 11) is 5.74. The number of methoxy groups -OCH3 is 4. The van der Waals surface area contributed by atoms with Crippen LogP contribution >= 0.6 is 0 Å². The van der Waals surface area contributed by atoms with Crippen molar-refractivity contribution in [2.24, 2.45) is 5.92 Å². The van der Waals surface area contributed by atoms with Gasteiger partial charge in [-0.15, -0.1) is 0 Å². The quantitative estimate of drug-likeness (QED) is 0.144. The van der Waals surface area contributed by atoms with Crippen molar-refractivity contribution >= 4 is 5.97 Å². The Morgan fingerprint density at radius 1 is 0.868 bits per heavy atom. The molecule has 8 atom stereocenters. The molecule has 2 heterocycles. The first-order chi connectivity index (χ1) is 25.8. The molecule has 1 saturated heterocycles. The maximum absolute atomic E-state index is 13.6. The molecule has 1 saturated carbocycles. The number of aliphatic hydroxyl groups is 2. The molecule has 0 radical (unpaired) electrons. The fraction of sp³-hybridized carbons (Fsp3) is 0.390. The Kier molecular flexibility index (Phi) is 10.6. The van der Waals surface area contributed by atoms with Crippen molar-refractivity contribution < 1.29 is 57.6 Å². The summed E-state index contributed by atoms with van der Waals surface area (Å²) in [4.78, 5) is 13.6. The molecule has 0 bridgehead atoms. The number of ether oxygens (including phenoxy) is 9. The third-order valence-corrected chi connectivity index (χ3v) is 10.4. The Balaban J connectivity index is 1.24. The fourth-order valence-electron chi connectivity index (χ4n) is 7.95. The van der Waals surface area contributed by atoms with Gasteiger partial charge < -0.3 is 52.8 Å². The molecule has 0 aromatic heterocycles. The summed E-state index contributed by atoms with van der Waals surface area (Å²) in [5, 5.41) is 25.4. The lowest BCUT2D eigenvalue weighted by molar-refractivity contribution is -0.313. The van der Waals surface area contributed by atoms with Crippen LogP contribution in [0.1, 0.15) is 34.6 Å². The summed E-state index contributed by atoms with van der Waals surface area (Å²) in [6, 6.07) is 29.2. The second-order valence-corrected chi connectivity index (χ2v) is 13.2. The van der Waals surface area contributed by atoms with Crippen LogP contribution in [0, 0.1) is 5.92 Å². The van der Waals surface area contributed by atoms with Crippen molar-refractivity contribution in [1.29, 1.82) is 0 Å². The largest absolute Gasteiger partial charge is 0.497 e. The van der Waals surface area contributed by atoms with Crippen molar-refractivity contribution in [3.05, 3.63) is 119 Å². The molecular formula is C41H44O12. The number of carbonyl (C=O) groups is 1. The highest BCUT2D eigenvalue weighted by Gasteiger charge is 2.78. The monoisotopic (exact) mass is 728 g/mol. The van der Waals surface area contributed by atoms with Gasteiger partial charge in [0.05, 0.1) is 52.1 Å². The summed E-state index contributed by atoms with van der Waals surface area (Å²) < 4.78 is 53.5. The molecule has 4 aromatic carbocycles. The van der Waals surface area contributed by atoms with Crippen LogP contribution in [0.25, 0.3) is 0 Å². The predicted octanol–water partition coefficient (Wildman–Crippen LogP) is 4.83. The topological polar surface area (TPSA) is 141 Å². The highest BCUT2D eigenvalue weighted by atomic mass is 16.8. The Labute approximate surface area is 308 Å². The maximum atomic E-state index is 13.6. The summed E-state index contributed by atoms with van der Waals surface area (Å²) in [5.41, 5.74) is -1.61. The van der Waals surface area contributed by atoms with Gasteiger partial charge in [0.1, 0.15) is 29.1 Å². The lowest BCUT2D eigenvalue weighted by Crippen LogP contribution is -2.52. The van der Waals surface area contributed by atoms with Crippen molar-refractivity contribution in [2.75, 3.05) is 41.7 Å². The van der Waals surface area contributed by atoms with Crippen LogP contribution in [0.2, 0.25) is 0 Å². The minimum absolute atomic E-state index is 0.153. The van der Waals surface area contributed by atoms with E-state index in [-0.39, 0.29) is 35.5 Å². The SMILES string of the molecule is COC(=O)[C@H]1[C@@H](c2ccccc2)[C@@]2(c3ccc(OC)cc3)Oc3cc(O[C@@H]4O[C@@H](CCOCc5ccccc5)CO[C@H]4OC)cc(OC)c3[C@]2(O)[C@H]1O. The summed E-state index contributed by atoms with van der Waals surface area (Å²) in [6.07, 6.45) is -3.32. The highest BCUT2D eigenvalue weighted by molar-refractivity contribution is 5.78. The third kappa shape index (κ3) is 6.39.